The van der Waals surface area contributed by atoms with Gasteiger partial charge in [-0.2, -0.15) is 0 Å². The Balaban J connectivity index is 2.21. The maximum absolute atomic E-state index is 6.36. The van der Waals surface area contributed by atoms with Crippen molar-refractivity contribution in [3.8, 4) is 5.75 Å². The molecule has 1 unspecified atom stereocenters. The number of allylic oxidation sites excluding steroid dienone is 1. The first-order valence-electron chi connectivity index (χ1n) is 7.76. The summed E-state index contributed by atoms with van der Waals surface area (Å²) < 4.78 is 6.36. The van der Waals surface area contributed by atoms with Gasteiger partial charge in [0.1, 0.15) is 11.9 Å². The van der Waals surface area contributed by atoms with Gasteiger partial charge in [0, 0.05) is 13.0 Å². The van der Waals surface area contributed by atoms with E-state index in [-0.39, 0.29) is 6.10 Å². The summed E-state index contributed by atoms with van der Waals surface area (Å²) >= 11 is 0. The summed E-state index contributed by atoms with van der Waals surface area (Å²) in [6.07, 6.45) is 3.76. The molecule has 0 radical (unpaired) electrons. The Labute approximate surface area is 134 Å². The number of nitrogens with zero attached hydrogens (tertiary/aromatic N) is 1. The van der Waals surface area contributed by atoms with Crippen LogP contribution < -0.4 is 4.74 Å². The molecule has 0 N–H and O–H groups in total. The molecule has 2 rings (SSSR count). The fourth-order valence-corrected chi connectivity index (χ4v) is 2.43. The van der Waals surface area contributed by atoms with Crippen LogP contribution in [0.3, 0.4) is 0 Å². The van der Waals surface area contributed by atoms with Gasteiger partial charge in [-0.05, 0) is 37.7 Å². The molecule has 116 valence electrons. The van der Waals surface area contributed by atoms with Crippen LogP contribution in [0.25, 0.3) is 0 Å². The smallest absolute Gasteiger partial charge is 0.125 e. The summed E-state index contributed by atoms with van der Waals surface area (Å²) in [5.74, 6) is 0.954. The molecule has 0 aliphatic carbocycles. The Morgan fingerprint density at radius 1 is 1.05 bits per heavy atom. The Morgan fingerprint density at radius 3 is 2.41 bits per heavy atom. The first-order chi connectivity index (χ1) is 10.7. The van der Waals surface area contributed by atoms with E-state index >= 15 is 0 Å². The number of ether oxygens (including phenoxy) is 1. The molecule has 0 aliphatic heterocycles. The summed E-state index contributed by atoms with van der Waals surface area (Å²) in [6, 6.07) is 18.7. The van der Waals surface area contributed by atoms with E-state index < -0.39 is 0 Å². The van der Waals surface area contributed by atoms with E-state index in [4.69, 9.17) is 4.74 Å². The SMILES string of the molecule is C=CCc1ccccc1OC(CCN(C)C)c1ccccc1. The summed E-state index contributed by atoms with van der Waals surface area (Å²) in [4.78, 5) is 2.19. The van der Waals surface area contributed by atoms with Crippen LogP contribution in [-0.2, 0) is 6.42 Å². The third kappa shape index (κ3) is 4.74. The summed E-state index contributed by atoms with van der Waals surface area (Å²) in [6.45, 7) is 4.82. The van der Waals surface area contributed by atoms with Gasteiger partial charge in [-0.1, -0.05) is 54.6 Å². The first-order valence-corrected chi connectivity index (χ1v) is 7.76. The topological polar surface area (TPSA) is 12.5 Å². The maximum atomic E-state index is 6.36. The van der Waals surface area contributed by atoms with Crippen molar-refractivity contribution in [2.75, 3.05) is 20.6 Å². The van der Waals surface area contributed by atoms with Gasteiger partial charge in [0.2, 0.25) is 0 Å². The highest BCUT2D eigenvalue weighted by molar-refractivity contribution is 5.35. The molecule has 1 atom stereocenters. The van der Waals surface area contributed by atoms with Gasteiger partial charge in [-0.25, -0.2) is 0 Å². The molecule has 0 saturated heterocycles. The van der Waals surface area contributed by atoms with Crippen molar-refractivity contribution < 1.29 is 4.74 Å². The van der Waals surface area contributed by atoms with Crippen LogP contribution in [-0.4, -0.2) is 25.5 Å². The monoisotopic (exact) mass is 295 g/mol. The molecule has 0 bridgehead atoms. The minimum absolute atomic E-state index is 0.0644. The van der Waals surface area contributed by atoms with Crippen molar-refractivity contribution in [3.05, 3.63) is 78.4 Å². The quantitative estimate of drug-likeness (QED) is 0.665. The lowest BCUT2D eigenvalue weighted by molar-refractivity contribution is 0.178. The minimum Gasteiger partial charge on any atom is -0.485 e. The van der Waals surface area contributed by atoms with Gasteiger partial charge >= 0.3 is 0 Å². The van der Waals surface area contributed by atoms with Crippen LogP contribution in [0.2, 0.25) is 0 Å². The highest BCUT2D eigenvalue weighted by Gasteiger charge is 2.15. The van der Waals surface area contributed by atoms with Crippen LogP contribution in [0.4, 0.5) is 0 Å². The van der Waals surface area contributed by atoms with Gasteiger partial charge in [0.05, 0.1) is 0 Å². The number of benzene rings is 2. The van der Waals surface area contributed by atoms with Gasteiger partial charge < -0.3 is 9.64 Å². The van der Waals surface area contributed by atoms with Crippen LogP contribution >= 0.6 is 0 Å². The second kappa shape index (κ2) is 8.40. The number of para-hydroxylation sites is 1. The minimum atomic E-state index is 0.0644. The first kappa shape index (κ1) is 16.3. The molecule has 0 fully saturated rings. The molecule has 0 spiro atoms. The molecule has 2 aromatic carbocycles. The van der Waals surface area contributed by atoms with Crippen molar-refractivity contribution in [1.82, 2.24) is 4.90 Å². The third-order valence-corrected chi connectivity index (χ3v) is 3.62. The zero-order chi connectivity index (χ0) is 15.8. The predicted molar refractivity (Wildman–Crippen MR) is 93.3 cm³/mol. The van der Waals surface area contributed by atoms with Gasteiger partial charge in [0.25, 0.3) is 0 Å². The molecular weight excluding hydrogens is 270 g/mol. The van der Waals surface area contributed by atoms with E-state index in [1.54, 1.807) is 0 Å². The van der Waals surface area contributed by atoms with E-state index in [0.717, 1.165) is 25.1 Å². The molecule has 22 heavy (non-hydrogen) atoms. The molecular formula is C20H25NO. The third-order valence-electron chi connectivity index (χ3n) is 3.62. The average molecular weight is 295 g/mol. The second-order valence-electron chi connectivity index (χ2n) is 5.71. The summed E-state index contributed by atoms with van der Waals surface area (Å²) in [7, 11) is 4.18. The highest BCUT2D eigenvalue weighted by Crippen LogP contribution is 2.28. The van der Waals surface area contributed by atoms with E-state index in [9.17, 15) is 0 Å². The van der Waals surface area contributed by atoms with Crippen LogP contribution in [0.5, 0.6) is 5.75 Å². The molecule has 2 aromatic rings. The van der Waals surface area contributed by atoms with Gasteiger partial charge in [-0.15, -0.1) is 6.58 Å². The van der Waals surface area contributed by atoms with Crippen molar-refractivity contribution >= 4 is 0 Å². The number of hydrogen-bond donors (Lipinski definition) is 0. The maximum Gasteiger partial charge on any atom is 0.125 e. The molecule has 0 saturated carbocycles. The zero-order valence-corrected chi connectivity index (χ0v) is 13.5. The van der Waals surface area contributed by atoms with Crippen LogP contribution in [0.15, 0.2) is 67.3 Å². The highest BCUT2D eigenvalue weighted by atomic mass is 16.5. The van der Waals surface area contributed by atoms with E-state index in [1.165, 1.54) is 11.1 Å². The molecule has 0 aromatic heterocycles. The lowest BCUT2D eigenvalue weighted by Gasteiger charge is -2.23. The average Bonchev–Trinajstić information content (AvgIpc) is 2.54. The molecule has 0 aliphatic rings. The molecule has 0 amide bonds. The van der Waals surface area contributed by atoms with Crippen LogP contribution in [0, 0.1) is 0 Å². The predicted octanol–water partition coefficient (Wildman–Crippen LogP) is 4.49. The molecule has 2 nitrogen and oxygen atoms in total. The standard InChI is InChI=1S/C20H25NO/c1-4-10-17-13-8-9-14-19(17)22-20(15-16-21(2)3)18-11-6-5-7-12-18/h4-9,11-14,20H,1,10,15-16H2,2-3H3. The summed E-state index contributed by atoms with van der Waals surface area (Å²) in [5, 5.41) is 0. The van der Waals surface area contributed by atoms with Crippen molar-refractivity contribution in [1.29, 1.82) is 0 Å². The Hall–Kier alpha value is -2.06. The van der Waals surface area contributed by atoms with Crippen molar-refractivity contribution in [3.63, 3.8) is 0 Å². The Bertz CT molecular complexity index is 577. The Morgan fingerprint density at radius 2 is 1.73 bits per heavy atom. The number of hydrogen-bond acceptors (Lipinski definition) is 2. The van der Waals surface area contributed by atoms with E-state index in [0.29, 0.717) is 0 Å². The van der Waals surface area contributed by atoms with E-state index in [1.807, 2.05) is 30.3 Å². The molecule has 2 heteroatoms. The van der Waals surface area contributed by atoms with Crippen LogP contribution in [0.1, 0.15) is 23.7 Å². The lowest BCUT2D eigenvalue weighted by atomic mass is 10.1. The second-order valence-corrected chi connectivity index (χ2v) is 5.71. The van der Waals surface area contributed by atoms with Crippen molar-refractivity contribution in [2.45, 2.75) is 18.9 Å². The van der Waals surface area contributed by atoms with Crippen molar-refractivity contribution in [2.24, 2.45) is 0 Å². The zero-order valence-electron chi connectivity index (χ0n) is 13.5. The largest absolute Gasteiger partial charge is 0.485 e. The normalized spacial score (nSPS) is 12.1. The Kier molecular flexibility index (Phi) is 6.23. The fraction of sp³-hybridized carbons (Fsp3) is 0.300. The lowest BCUT2D eigenvalue weighted by Crippen LogP contribution is -2.19. The number of rotatable bonds is 8. The van der Waals surface area contributed by atoms with Gasteiger partial charge in [0.15, 0.2) is 0 Å². The van der Waals surface area contributed by atoms with E-state index in [2.05, 4.69) is 55.9 Å². The summed E-state index contributed by atoms with van der Waals surface area (Å²) in [5.41, 5.74) is 2.40. The van der Waals surface area contributed by atoms with Gasteiger partial charge in [-0.3, -0.25) is 0 Å². The molecule has 0 heterocycles. The fourth-order valence-electron chi connectivity index (χ4n) is 2.43.